The van der Waals surface area contributed by atoms with Crippen LogP contribution in [0.5, 0.6) is 0 Å². The summed E-state index contributed by atoms with van der Waals surface area (Å²) in [7, 11) is 1.71. The maximum Gasteiger partial charge on any atom is 0.107 e. The van der Waals surface area contributed by atoms with Crippen LogP contribution in [0.3, 0.4) is 0 Å². The van der Waals surface area contributed by atoms with Crippen LogP contribution in [0.2, 0.25) is 0 Å². The second-order valence-electron chi connectivity index (χ2n) is 5.39. The fourth-order valence-corrected chi connectivity index (χ4v) is 2.70. The Morgan fingerprint density at radius 1 is 1.50 bits per heavy atom. The van der Waals surface area contributed by atoms with Gasteiger partial charge in [-0.05, 0) is 6.42 Å². The SMILES string of the molecule is COCCC(CCl)NCc1nc(C(C)(C)C)cs1. The van der Waals surface area contributed by atoms with E-state index in [-0.39, 0.29) is 11.5 Å². The molecule has 1 atom stereocenters. The lowest BCUT2D eigenvalue weighted by molar-refractivity contribution is 0.185. The second kappa shape index (κ2) is 7.43. The first-order chi connectivity index (χ1) is 8.47. The minimum atomic E-state index is 0.122. The molecule has 18 heavy (non-hydrogen) atoms. The number of rotatable bonds is 7. The molecule has 0 spiro atoms. The average Bonchev–Trinajstić information content (AvgIpc) is 2.78. The van der Waals surface area contributed by atoms with Gasteiger partial charge >= 0.3 is 0 Å². The normalized spacial score (nSPS) is 13.8. The Hall–Kier alpha value is -0.160. The van der Waals surface area contributed by atoms with Gasteiger partial charge < -0.3 is 10.1 Å². The third-order valence-electron chi connectivity index (χ3n) is 2.72. The molecule has 5 heteroatoms. The molecule has 1 aromatic rings. The van der Waals surface area contributed by atoms with Gasteiger partial charge in [-0.2, -0.15) is 0 Å². The summed E-state index contributed by atoms with van der Waals surface area (Å²) in [6.07, 6.45) is 0.928. The van der Waals surface area contributed by atoms with Crippen molar-refractivity contribution < 1.29 is 4.74 Å². The zero-order valence-corrected chi connectivity index (χ0v) is 13.2. The van der Waals surface area contributed by atoms with Gasteiger partial charge in [0.25, 0.3) is 0 Å². The van der Waals surface area contributed by atoms with E-state index in [2.05, 4.69) is 36.5 Å². The van der Waals surface area contributed by atoms with Crippen molar-refractivity contribution >= 4 is 22.9 Å². The molecule has 0 saturated carbocycles. The van der Waals surface area contributed by atoms with Gasteiger partial charge in [-0.25, -0.2) is 4.98 Å². The summed E-state index contributed by atoms with van der Waals surface area (Å²) in [5, 5.41) is 6.68. The molecule has 1 N–H and O–H groups in total. The van der Waals surface area contributed by atoms with Crippen molar-refractivity contribution in [3.63, 3.8) is 0 Å². The van der Waals surface area contributed by atoms with Crippen LogP contribution in [0.15, 0.2) is 5.38 Å². The van der Waals surface area contributed by atoms with Crippen molar-refractivity contribution in [2.75, 3.05) is 19.6 Å². The number of hydrogen-bond donors (Lipinski definition) is 1. The fraction of sp³-hybridized carbons (Fsp3) is 0.769. The summed E-state index contributed by atoms with van der Waals surface area (Å²) in [5.74, 6) is 0.598. The predicted molar refractivity (Wildman–Crippen MR) is 78.7 cm³/mol. The Morgan fingerprint density at radius 3 is 2.72 bits per heavy atom. The van der Waals surface area contributed by atoms with Gasteiger partial charge in [0.1, 0.15) is 5.01 Å². The van der Waals surface area contributed by atoms with E-state index in [1.165, 1.54) is 0 Å². The molecule has 0 saturated heterocycles. The van der Waals surface area contributed by atoms with E-state index in [1.807, 2.05) is 0 Å². The predicted octanol–water partition coefficient (Wildman–Crippen LogP) is 3.17. The van der Waals surface area contributed by atoms with Gasteiger partial charge in [-0.1, -0.05) is 20.8 Å². The van der Waals surface area contributed by atoms with E-state index in [1.54, 1.807) is 18.4 Å². The molecule has 0 bridgehead atoms. The van der Waals surface area contributed by atoms with Crippen molar-refractivity contribution in [2.45, 2.75) is 45.2 Å². The number of methoxy groups -OCH3 is 1. The van der Waals surface area contributed by atoms with Crippen LogP contribution in [0.25, 0.3) is 0 Å². The summed E-state index contributed by atoms with van der Waals surface area (Å²) in [4.78, 5) is 4.65. The van der Waals surface area contributed by atoms with Gasteiger partial charge in [0.15, 0.2) is 0 Å². The van der Waals surface area contributed by atoms with Crippen LogP contribution >= 0.6 is 22.9 Å². The van der Waals surface area contributed by atoms with Gasteiger partial charge in [0.2, 0.25) is 0 Å². The molecule has 0 radical (unpaired) electrons. The third kappa shape index (κ3) is 5.22. The lowest BCUT2D eigenvalue weighted by atomic mass is 9.93. The Kier molecular flexibility index (Phi) is 6.57. The van der Waals surface area contributed by atoms with Gasteiger partial charge in [0, 0.05) is 43.0 Å². The summed E-state index contributed by atoms with van der Waals surface area (Å²) in [6.45, 7) is 8.05. The minimum absolute atomic E-state index is 0.122. The lowest BCUT2D eigenvalue weighted by Gasteiger charge is -2.15. The van der Waals surface area contributed by atoms with E-state index >= 15 is 0 Å². The van der Waals surface area contributed by atoms with Crippen molar-refractivity contribution in [3.05, 3.63) is 16.1 Å². The number of thiazole rings is 1. The number of nitrogens with zero attached hydrogens (tertiary/aromatic N) is 1. The fourth-order valence-electron chi connectivity index (χ4n) is 1.46. The molecule has 1 unspecified atom stereocenters. The van der Waals surface area contributed by atoms with Crippen molar-refractivity contribution in [2.24, 2.45) is 0 Å². The highest BCUT2D eigenvalue weighted by Crippen LogP contribution is 2.23. The van der Waals surface area contributed by atoms with E-state index in [4.69, 9.17) is 16.3 Å². The summed E-state index contributed by atoms with van der Waals surface area (Å²) < 4.78 is 5.06. The molecule has 0 aromatic carbocycles. The number of ether oxygens (including phenoxy) is 1. The van der Waals surface area contributed by atoms with E-state index in [0.29, 0.717) is 5.88 Å². The Morgan fingerprint density at radius 2 is 2.22 bits per heavy atom. The number of alkyl halides is 1. The molecule has 1 aromatic heterocycles. The topological polar surface area (TPSA) is 34.1 Å². The largest absolute Gasteiger partial charge is 0.385 e. The Labute approximate surface area is 119 Å². The molecular weight excluding hydrogens is 268 g/mol. The second-order valence-corrected chi connectivity index (χ2v) is 6.64. The number of halogens is 1. The molecule has 3 nitrogen and oxygen atoms in total. The number of aromatic nitrogens is 1. The van der Waals surface area contributed by atoms with Crippen LogP contribution in [-0.4, -0.2) is 30.6 Å². The molecule has 104 valence electrons. The quantitative estimate of drug-likeness (QED) is 0.783. The van der Waals surface area contributed by atoms with Gasteiger partial charge in [-0.15, -0.1) is 22.9 Å². The number of nitrogens with one attached hydrogen (secondary N) is 1. The molecule has 0 aliphatic rings. The molecule has 0 aliphatic heterocycles. The van der Waals surface area contributed by atoms with E-state index in [0.717, 1.165) is 30.3 Å². The summed E-state index contributed by atoms with van der Waals surface area (Å²) in [5.41, 5.74) is 1.28. The van der Waals surface area contributed by atoms with Crippen molar-refractivity contribution in [1.82, 2.24) is 10.3 Å². The summed E-state index contributed by atoms with van der Waals surface area (Å²) in [6, 6.07) is 0.286. The molecule has 1 heterocycles. The maximum atomic E-state index is 5.91. The highest BCUT2D eigenvalue weighted by Gasteiger charge is 2.17. The summed E-state index contributed by atoms with van der Waals surface area (Å²) >= 11 is 7.62. The van der Waals surface area contributed by atoms with E-state index < -0.39 is 0 Å². The third-order valence-corrected chi connectivity index (χ3v) is 3.94. The van der Waals surface area contributed by atoms with Crippen LogP contribution in [-0.2, 0) is 16.7 Å². The van der Waals surface area contributed by atoms with Crippen LogP contribution in [0.1, 0.15) is 37.9 Å². The smallest absolute Gasteiger partial charge is 0.107 e. The first-order valence-corrected chi connectivity index (χ1v) is 7.62. The highest BCUT2D eigenvalue weighted by atomic mass is 35.5. The minimum Gasteiger partial charge on any atom is -0.385 e. The molecule has 0 amide bonds. The van der Waals surface area contributed by atoms with Crippen molar-refractivity contribution in [1.29, 1.82) is 0 Å². The zero-order valence-electron chi connectivity index (χ0n) is 11.6. The molecule has 0 fully saturated rings. The van der Waals surface area contributed by atoms with Crippen LogP contribution < -0.4 is 5.32 Å². The first-order valence-electron chi connectivity index (χ1n) is 6.20. The average molecular weight is 291 g/mol. The standard InChI is InChI=1S/C13H23ClN2OS/c1-13(2,3)11-9-18-12(16-11)8-15-10(7-14)5-6-17-4/h9-10,15H,5-8H2,1-4H3. The Bertz CT molecular complexity index is 349. The Balaban J connectivity index is 2.45. The van der Waals surface area contributed by atoms with Gasteiger partial charge in [-0.3, -0.25) is 0 Å². The van der Waals surface area contributed by atoms with Crippen LogP contribution in [0.4, 0.5) is 0 Å². The highest BCUT2D eigenvalue weighted by molar-refractivity contribution is 7.09. The molecule has 0 aliphatic carbocycles. The number of hydrogen-bond acceptors (Lipinski definition) is 4. The maximum absolute atomic E-state index is 5.91. The van der Waals surface area contributed by atoms with Crippen molar-refractivity contribution in [3.8, 4) is 0 Å². The lowest BCUT2D eigenvalue weighted by Crippen LogP contribution is -2.31. The molecule has 1 rings (SSSR count). The molecular formula is C13H23ClN2OS. The van der Waals surface area contributed by atoms with E-state index in [9.17, 15) is 0 Å². The monoisotopic (exact) mass is 290 g/mol. The van der Waals surface area contributed by atoms with Gasteiger partial charge in [0.05, 0.1) is 5.69 Å². The zero-order chi connectivity index (χ0) is 13.6. The van der Waals surface area contributed by atoms with Crippen LogP contribution in [0, 0.1) is 0 Å². The first kappa shape index (κ1) is 15.9.